The lowest BCUT2D eigenvalue weighted by molar-refractivity contribution is 0.102. The number of aliphatic imine (C=N–C) groups is 2. The van der Waals surface area contributed by atoms with Crippen LogP contribution in [-0.2, 0) is 10.3 Å². The number of amides is 1. The lowest BCUT2D eigenvalue weighted by atomic mass is 9.96. The summed E-state index contributed by atoms with van der Waals surface area (Å²) in [7, 11) is 1.45. The van der Waals surface area contributed by atoms with E-state index in [9.17, 15) is 14.0 Å². The van der Waals surface area contributed by atoms with Crippen molar-refractivity contribution in [1.82, 2.24) is 15.0 Å². The van der Waals surface area contributed by atoms with E-state index < -0.39 is 22.0 Å². The highest BCUT2D eigenvalue weighted by molar-refractivity contribution is 8.01. The second-order valence-electron chi connectivity index (χ2n) is 8.15. The van der Waals surface area contributed by atoms with E-state index in [-0.39, 0.29) is 23.1 Å². The number of isocyanates is 1. The second kappa shape index (κ2) is 10.7. The first-order chi connectivity index (χ1) is 16.2. The Kier molecular flexibility index (Phi) is 7.95. The minimum absolute atomic E-state index is 0.0600. The summed E-state index contributed by atoms with van der Waals surface area (Å²) in [4.78, 5) is 43.2. The van der Waals surface area contributed by atoms with Crippen molar-refractivity contribution < 1.29 is 18.7 Å². The van der Waals surface area contributed by atoms with Crippen molar-refractivity contribution in [3.63, 3.8) is 0 Å². The fraction of sp³-hybridized carbons (Fsp3) is 0.455. The van der Waals surface area contributed by atoms with Crippen LogP contribution in [0, 0.1) is 5.82 Å². The Hall–Kier alpha value is -3.37. The van der Waals surface area contributed by atoms with Gasteiger partial charge < -0.3 is 15.8 Å². The van der Waals surface area contributed by atoms with Gasteiger partial charge in [-0.3, -0.25) is 9.79 Å². The van der Waals surface area contributed by atoms with Crippen LogP contribution in [0.25, 0.3) is 0 Å². The molecule has 1 amide bonds. The van der Waals surface area contributed by atoms with Crippen LogP contribution >= 0.6 is 11.8 Å². The van der Waals surface area contributed by atoms with Gasteiger partial charge in [0.2, 0.25) is 12.0 Å². The summed E-state index contributed by atoms with van der Waals surface area (Å²) in [5, 5.41) is 2.61. The maximum absolute atomic E-state index is 14.8. The molecule has 1 aliphatic heterocycles. The van der Waals surface area contributed by atoms with Gasteiger partial charge in [-0.2, -0.15) is 0 Å². The molecule has 3 heterocycles. The summed E-state index contributed by atoms with van der Waals surface area (Å²) in [5.41, 5.74) is 5.47. The highest BCUT2D eigenvalue weighted by Crippen LogP contribution is 2.43. The Morgan fingerprint density at radius 3 is 2.76 bits per heavy atom. The number of aromatic nitrogens is 3. The lowest BCUT2D eigenvalue weighted by Gasteiger charge is -2.39. The monoisotopic (exact) mass is 487 g/mol. The predicted molar refractivity (Wildman–Crippen MR) is 127 cm³/mol. The molecule has 180 valence electrons. The van der Waals surface area contributed by atoms with Gasteiger partial charge in [0.25, 0.3) is 5.91 Å². The number of nitrogens with one attached hydrogen (secondary N) is 1. The Morgan fingerprint density at radius 1 is 1.32 bits per heavy atom. The highest BCUT2D eigenvalue weighted by Gasteiger charge is 2.42. The van der Waals surface area contributed by atoms with Crippen LogP contribution in [0.2, 0.25) is 0 Å². The first kappa shape index (κ1) is 25.3. The van der Waals surface area contributed by atoms with Crippen molar-refractivity contribution in [3.05, 3.63) is 41.7 Å². The summed E-state index contributed by atoms with van der Waals surface area (Å²) >= 11 is 1.58. The summed E-state index contributed by atoms with van der Waals surface area (Å²) in [6.07, 6.45) is 6.42. The molecule has 0 aliphatic carbocycles. The minimum atomic E-state index is -1.01. The first-order valence-corrected chi connectivity index (χ1v) is 11.6. The fourth-order valence-electron chi connectivity index (χ4n) is 3.42. The van der Waals surface area contributed by atoms with Crippen LogP contribution in [0.15, 0.2) is 34.5 Å². The summed E-state index contributed by atoms with van der Waals surface area (Å²) in [5.74, 6) is 0.188. The van der Waals surface area contributed by atoms with E-state index in [0.29, 0.717) is 18.1 Å². The van der Waals surface area contributed by atoms with Gasteiger partial charge in [0.1, 0.15) is 34.4 Å². The fourth-order valence-corrected chi connectivity index (χ4v) is 4.70. The second-order valence-corrected chi connectivity index (χ2v) is 9.62. The number of ether oxygens (including phenoxy) is 1. The molecule has 0 bridgehead atoms. The molecule has 3 N–H and O–H groups in total. The Bertz CT molecular complexity index is 1120. The van der Waals surface area contributed by atoms with E-state index >= 15 is 0 Å². The number of unbranched alkanes of at least 4 members (excludes halogenated alkanes) is 1. The van der Waals surface area contributed by atoms with E-state index in [0.717, 1.165) is 19.3 Å². The molecule has 3 rings (SSSR count). The molecule has 0 aromatic carbocycles. The number of halogens is 1. The Morgan fingerprint density at radius 2 is 2.12 bits per heavy atom. The topological polar surface area (TPSA) is 145 Å². The molecule has 2 aromatic heterocycles. The maximum atomic E-state index is 14.8. The highest BCUT2D eigenvalue weighted by atomic mass is 32.2. The number of hydrogen-bond donors (Lipinski definition) is 2. The van der Waals surface area contributed by atoms with Crippen molar-refractivity contribution >= 4 is 35.4 Å². The number of pyridine rings is 1. The number of nitrogens with zero attached hydrogens (tertiary/aromatic N) is 5. The van der Waals surface area contributed by atoms with Gasteiger partial charge in [-0.25, -0.2) is 29.1 Å². The average Bonchev–Trinajstić information content (AvgIpc) is 2.83. The zero-order valence-electron chi connectivity index (χ0n) is 19.2. The molecular weight excluding hydrogens is 461 g/mol. The number of hydrogen-bond acceptors (Lipinski definition) is 10. The molecule has 2 aromatic rings. The van der Waals surface area contributed by atoms with Gasteiger partial charge in [-0.05, 0) is 45.2 Å². The maximum Gasteiger partial charge on any atom is 0.277 e. The van der Waals surface area contributed by atoms with Crippen LogP contribution < -0.4 is 15.8 Å². The number of anilines is 1. The van der Waals surface area contributed by atoms with E-state index in [1.54, 1.807) is 18.7 Å². The molecule has 0 saturated carbocycles. The SMILES string of the molecule is COc1cnc(C(=O)Nc2ccc(F)c(C3(C)CSC(C)(CCCCN=C=O)C(N)=N3)n2)cn1. The molecule has 1 aliphatic rings. The van der Waals surface area contributed by atoms with Crippen LogP contribution in [0.5, 0.6) is 5.88 Å². The number of carbonyl (C=O) groups is 1. The van der Waals surface area contributed by atoms with Gasteiger partial charge in [-0.1, -0.05) is 0 Å². The molecule has 12 heteroatoms. The number of methoxy groups -OCH3 is 1. The molecule has 0 saturated heterocycles. The number of nitrogens with two attached hydrogens (primary N) is 1. The smallest absolute Gasteiger partial charge is 0.277 e. The van der Waals surface area contributed by atoms with Gasteiger partial charge in [0, 0.05) is 5.75 Å². The predicted octanol–water partition coefficient (Wildman–Crippen LogP) is 2.86. The molecule has 0 spiro atoms. The van der Waals surface area contributed by atoms with Crippen molar-refractivity contribution in [3.8, 4) is 5.88 Å². The largest absolute Gasteiger partial charge is 0.480 e. The van der Waals surface area contributed by atoms with E-state index in [1.165, 1.54) is 37.7 Å². The summed E-state index contributed by atoms with van der Waals surface area (Å²) in [6, 6.07) is 2.60. The normalized spacial score (nSPS) is 21.8. The molecule has 2 atom stereocenters. The standard InChI is InChI=1S/C22H26FN7O3S/c1-21(12-34-22(2,20(24)30-21)8-4-5-9-25-13-31)18-14(23)6-7-16(28-18)29-19(32)15-10-27-17(33-3)11-26-15/h6-7,10-11H,4-5,8-9,12H2,1-3H3,(H2,24,30)(H,28,29,32). The van der Waals surface area contributed by atoms with Crippen LogP contribution in [0.4, 0.5) is 10.2 Å². The van der Waals surface area contributed by atoms with Crippen LogP contribution in [-0.4, -0.2) is 56.9 Å². The number of amidine groups is 1. The van der Waals surface area contributed by atoms with Gasteiger partial charge in [-0.15, -0.1) is 11.8 Å². The minimum Gasteiger partial charge on any atom is -0.480 e. The van der Waals surface area contributed by atoms with E-state index in [4.69, 9.17) is 10.5 Å². The first-order valence-electron chi connectivity index (χ1n) is 10.6. The van der Waals surface area contributed by atoms with Gasteiger partial charge >= 0.3 is 0 Å². The molecule has 2 unspecified atom stereocenters. The van der Waals surface area contributed by atoms with Crippen molar-refractivity contribution in [2.75, 3.05) is 24.7 Å². The van der Waals surface area contributed by atoms with Crippen molar-refractivity contribution in [2.24, 2.45) is 15.7 Å². The third-order valence-electron chi connectivity index (χ3n) is 5.49. The van der Waals surface area contributed by atoms with E-state index in [2.05, 4.69) is 30.3 Å². The summed E-state index contributed by atoms with van der Waals surface area (Å²) in [6.45, 7) is 4.18. The number of rotatable bonds is 9. The van der Waals surface area contributed by atoms with Crippen LogP contribution in [0.1, 0.15) is 49.3 Å². The molecule has 34 heavy (non-hydrogen) atoms. The molecule has 0 fully saturated rings. The lowest BCUT2D eigenvalue weighted by Crippen LogP contribution is -2.47. The Balaban J connectivity index is 1.77. The van der Waals surface area contributed by atoms with Gasteiger partial charge in [0.15, 0.2) is 0 Å². The third kappa shape index (κ3) is 5.75. The zero-order chi connectivity index (χ0) is 24.8. The van der Waals surface area contributed by atoms with Crippen molar-refractivity contribution in [1.29, 1.82) is 0 Å². The third-order valence-corrected chi connectivity index (χ3v) is 7.24. The van der Waals surface area contributed by atoms with E-state index in [1.807, 2.05) is 6.92 Å². The molecular formula is C22H26FN7O3S. The summed E-state index contributed by atoms with van der Waals surface area (Å²) < 4.78 is 19.3. The van der Waals surface area contributed by atoms with Gasteiger partial charge in [0.05, 0.1) is 30.8 Å². The quantitative estimate of drug-likeness (QED) is 0.312. The molecule has 10 nitrogen and oxygen atoms in total. The van der Waals surface area contributed by atoms with Crippen molar-refractivity contribution in [2.45, 2.75) is 43.4 Å². The zero-order valence-corrected chi connectivity index (χ0v) is 20.0. The number of thioether (sulfide) groups is 1. The van der Waals surface area contributed by atoms with Crippen LogP contribution in [0.3, 0.4) is 0 Å². The number of carbonyl (C=O) groups excluding carboxylic acids is 2. The average molecular weight is 488 g/mol. The Labute approximate surface area is 200 Å². The molecule has 0 radical (unpaired) electrons.